The number of hydrogen-bond acceptors (Lipinski definition) is 1. The molecule has 0 heterocycles. The Morgan fingerprint density at radius 2 is 2.00 bits per heavy atom. The average Bonchev–Trinajstić information content (AvgIpc) is 1.97. The lowest BCUT2D eigenvalue weighted by atomic mass is 10.1. The Morgan fingerprint density at radius 1 is 1.36 bits per heavy atom. The van der Waals surface area contributed by atoms with Crippen molar-refractivity contribution in [1.82, 2.24) is 0 Å². The maximum atomic E-state index is 10.2. The zero-order chi connectivity index (χ0) is 8.69. The summed E-state index contributed by atoms with van der Waals surface area (Å²) < 4.78 is 0. The van der Waals surface area contributed by atoms with E-state index in [-0.39, 0.29) is 5.92 Å². The molecule has 0 radical (unpaired) electrons. The summed E-state index contributed by atoms with van der Waals surface area (Å²) in [7, 11) is 0. The summed E-state index contributed by atoms with van der Waals surface area (Å²) in [6.45, 7) is 6.05. The van der Waals surface area contributed by atoms with Crippen LogP contribution in [0.15, 0.2) is 0 Å². The number of carbonyl (C=O) groups excluding carboxylic acids is 1. The van der Waals surface area contributed by atoms with Gasteiger partial charge < -0.3 is 4.79 Å². The smallest absolute Gasteiger partial charge is 0.122 e. The lowest BCUT2D eigenvalue weighted by Gasteiger charge is -1.96. The lowest BCUT2D eigenvalue weighted by Crippen LogP contribution is -1.93. The highest BCUT2D eigenvalue weighted by atomic mass is 16.1. The van der Waals surface area contributed by atoms with Gasteiger partial charge in [0.25, 0.3) is 0 Å². The molecule has 0 aromatic heterocycles. The van der Waals surface area contributed by atoms with Gasteiger partial charge in [-0.25, -0.2) is 0 Å². The fraction of sp³-hybridized carbons (Fsp3) is 0.700. The highest BCUT2D eigenvalue weighted by molar-refractivity contribution is 5.52. The summed E-state index contributed by atoms with van der Waals surface area (Å²) >= 11 is 0. The fourth-order valence-electron chi connectivity index (χ4n) is 0.644. The third kappa shape index (κ3) is 7.12. The third-order valence-electron chi connectivity index (χ3n) is 1.35. The molecular formula is C10H16O. The molecule has 1 atom stereocenters. The maximum Gasteiger partial charge on any atom is 0.122 e. The third-order valence-corrected chi connectivity index (χ3v) is 1.35. The second-order valence-corrected chi connectivity index (χ2v) is 3.13. The minimum Gasteiger partial charge on any atom is -0.303 e. The second-order valence-electron chi connectivity index (χ2n) is 3.13. The van der Waals surface area contributed by atoms with Crippen molar-refractivity contribution in [1.29, 1.82) is 0 Å². The van der Waals surface area contributed by atoms with Gasteiger partial charge in [0, 0.05) is 18.3 Å². The Kier molecular flexibility index (Phi) is 5.56. The van der Waals surface area contributed by atoms with Gasteiger partial charge in [-0.2, -0.15) is 0 Å². The van der Waals surface area contributed by atoms with Gasteiger partial charge >= 0.3 is 0 Å². The van der Waals surface area contributed by atoms with Gasteiger partial charge in [0.15, 0.2) is 0 Å². The van der Waals surface area contributed by atoms with Crippen LogP contribution in [-0.2, 0) is 4.79 Å². The molecule has 1 unspecified atom stereocenters. The summed E-state index contributed by atoms with van der Waals surface area (Å²) in [5, 5.41) is 0. The zero-order valence-electron chi connectivity index (χ0n) is 7.55. The SMILES string of the molecule is CC(C)C#CCCC(C)C=O. The van der Waals surface area contributed by atoms with Crippen LogP contribution in [0.5, 0.6) is 0 Å². The van der Waals surface area contributed by atoms with E-state index < -0.39 is 0 Å². The first kappa shape index (κ1) is 10.2. The molecule has 0 saturated carbocycles. The Balaban J connectivity index is 3.43. The second kappa shape index (κ2) is 5.97. The number of aldehydes is 1. The van der Waals surface area contributed by atoms with Gasteiger partial charge in [-0.15, -0.1) is 11.8 Å². The lowest BCUT2D eigenvalue weighted by molar-refractivity contribution is -0.110. The van der Waals surface area contributed by atoms with Crippen LogP contribution in [0.2, 0.25) is 0 Å². The van der Waals surface area contributed by atoms with Gasteiger partial charge in [-0.3, -0.25) is 0 Å². The highest BCUT2D eigenvalue weighted by Gasteiger charge is 1.95. The van der Waals surface area contributed by atoms with Crippen LogP contribution in [-0.4, -0.2) is 6.29 Å². The van der Waals surface area contributed by atoms with Crippen LogP contribution in [0, 0.1) is 23.7 Å². The van der Waals surface area contributed by atoms with Crippen LogP contribution in [0.3, 0.4) is 0 Å². The van der Waals surface area contributed by atoms with Crippen molar-refractivity contribution in [2.75, 3.05) is 0 Å². The minimum absolute atomic E-state index is 0.163. The molecule has 0 aliphatic carbocycles. The predicted molar refractivity (Wildman–Crippen MR) is 47.1 cm³/mol. The van der Waals surface area contributed by atoms with Gasteiger partial charge in [0.2, 0.25) is 0 Å². The molecular weight excluding hydrogens is 136 g/mol. The van der Waals surface area contributed by atoms with Crippen LogP contribution in [0.1, 0.15) is 33.6 Å². The minimum atomic E-state index is 0.163. The number of carbonyl (C=O) groups is 1. The molecule has 0 spiro atoms. The standard InChI is InChI=1S/C10H16O/c1-9(2)6-4-5-7-10(3)8-11/h8-10H,5,7H2,1-3H3. The molecule has 1 nitrogen and oxygen atoms in total. The van der Waals surface area contributed by atoms with Crippen molar-refractivity contribution in [3.63, 3.8) is 0 Å². The Labute approximate surface area is 69.2 Å². The van der Waals surface area contributed by atoms with Gasteiger partial charge in [0.1, 0.15) is 6.29 Å². The predicted octanol–water partition coefficient (Wildman–Crippen LogP) is 2.26. The van der Waals surface area contributed by atoms with Crippen molar-refractivity contribution < 1.29 is 4.79 Å². The molecule has 0 aliphatic rings. The van der Waals surface area contributed by atoms with Gasteiger partial charge in [0.05, 0.1) is 0 Å². The summed E-state index contributed by atoms with van der Waals surface area (Å²) in [5.74, 6) is 6.71. The molecule has 0 amide bonds. The number of hydrogen-bond donors (Lipinski definition) is 0. The van der Waals surface area contributed by atoms with Crippen molar-refractivity contribution >= 4 is 6.29 Å². The molecule has 0 fully saturated rings. The molecule has 0 N–H and O–H groups in total. The van der Waals surface area contributed by atoms with E-state index in [0.29, 0.717) is 5.92 Å². The Morgan fingerprint density at radius 3 is 2.45 bits per heavy atom. The molecule has 0 aromatic rings. The van der Waals surface area contributed by atoms with Crippen LogP contribution in [0.4, 0.5) is 0 Å². The zero-order valence-corrected chi connectivity index (χ0v) is 7.55. The van der Waals surface area contributed by atoms with E-state index >= 15 is 0 Å². The Hall–Kier alpha value is -0.770. The van der Waals surface area contributed by atoms with Crippen molar-refractivity contribution in [2.45, 2.75) is 33.6 Å². The summed E-state index contributed by atoms with van der Waals surface area (Å²) in [4.78, 5) is 10.2. The van der Waals surface area contributed by atoms with Crippen LogP contribution < -0.4 is 0 Å². The summed E-state index contributed by atoms with van der Waals surface area (Å²) in [5.41, 5.74) is 0. The molecule has 0 rings (SSSR count). The van der Waals surface area contributed by atoms with Crippen molar-refractivity contribution in [3.8, 4) is 11.8 Å². The van der Waals surface area contributed by atoms with Gasteiger partial charge in [-0.1, -0.05) is 20.8 Å². The maximum absolute atomic E-state index is 10.2. The Bertz CT molecular complexity index is 159. The topological polar surface area (TPSA) is 17.1 Å². The van der Waals surface area contributed by atoms with Crippen molar-refractivity contribution in [2.24, 2.45) is 11.8 Å². The highest BCUT2D eigenvalue weighted by Crippen LogP contribution is 2.00. The first-order valence-corrected chi connectivity index (χ1v) is 4.10. The largest absolute Gasteiger partial charge is 0.303 e. The first-order valence-electron chi connectivity index (χ1n) is 4.10. The quantitative estimate of drug-likeness (QED) is 0.448. The van der Waals surface area contributed by atoms with Crippen LogP contribution >= 0.6 is 0 Å². The van der Waals surface area contributed by atoms with E-state index in [1.165, 1.54) is 0 Å². The molecule has 0 bridgehead atoms. The average molecular weight is 152 g/mol. The van der Waals surface area contributed by atoms with Crippen molar-refractivity contribution in [3.05, 3.63) is 0 Å². The monoisotopic (exact) mass is 152 g/mol. The number of rotatable bonds is 3. The molecule has 0 aliphatic heterocycles. The van der Waals surface area contributed by atoms with Gasteiger partial charge in [-0.05, 0) is 6.42 Å². The summed E-state index contributed by atoms with van der Waals surface area (Å²) in [6, 6.07) is 0. The summed E-state index contributed by atoms with van der Waals surface area (Å²) in [6.07, 6.45) is 2.72. The molecule has 1 heteroatoms. The molecule has 62 valence electrons. The van der Waals surface area contributed by atoms with E-state index in [0.717, 1.165) is 19.1 Å². The molecule has 0 saturated heterocycles. The van der Waals surface area contributed by atoms with E-state index in [9.17, 15) is 4.79 Å². The van der Waals surface area contributed by atoms with E-state index in [1.54, 1.807) is 0 Å². The molecule has 11 heavy (non-hydrogen) atoms. The van der Waals surface area contributed by atoms with E-state index in [4.69, 9.17) is 0 Å². The fourth-order valence-corrected chi connectivity index (χ4v) is 0.644. The first-order chi connectivity index (χ1) is 5.16. The normalized spacial score (nSPS) is 12.0. The van der Waals surface area contributed by atoms with Crippen LogP contribution in [0.25, 0.3) is 0 Å². The van der Waals surface area contributed by atoms with E-state index in [1.807, 2.05) is 6.92 Å². The van der Waals surface area contributed by atoms with E-state index in [2.05, 4.69) is 25.7 Å². The molecule has 0 aromatic carbocycles.